The predicted octanol–water partition coefficient (Wildman–Crippen LogP) is 3.89. The molecule has 0 aromatic carbocycles. The van der Waals surface area contributed by atoms with Gasteiger partial charge in [0.05, 0.1) is 0 Å². The SMILES string of the molecule is CCCNc1cccc(NC(CC)CCC)n1. The summed E-state index contributed by atoms with van der Waals surface area (Å²) in [6, 6.07) is 6.64. The maximum atomic E-state index is 4.56. The summed E-state index contributed by atoms with van der Waals surface area (Å²) in [4.78, 5) is 4.56. The Kier molecular flexibility index (Phi) is 6.45. The molecule has 0 fully saturated rings. The van der Waals surface area contributed by atoms with Crippen molar-refractivity contribution in [2.24, 2.45) is 0 Å². The van der Waals surface area contributed by atoms with Crippen molar-refractivity contribution >= 4 is 11.6 Å². The molecule has 0 aliphatic heterocycles. The van der Waals surface area contributed by atoms with E-state index in [-0.39, 0.29) is 0 Å². The van der Waals surface area contributed by atoms with Crippen molar-refractivity contribution < 1.29 is 0 Å². The van der Waals surface area contributed by atoms with Gasteiger partial charge in [0, 0.05) is 12.6 Å². The summed E-state index contributed by atoms with van der Waals surface area (Å²) in [5, 5.41) is 6.80. The number of nitrogens with one attached hydrogen (secondary N) is 2. The average molecular weight is 235 g/mol. The second kappa shape index (κ2) is 7.93. The number of aromatic nitrogens is 1. The van der Waals surface area contributed by atoms with Gasteiger partial charge in [0.2, 0.25) is 0 Å². The maximum Gasteiger partial charge on any atom is 0.128 e. The predicted molar refractivity (Wildman–Crippen MR) is 75.6 cm³/mol. The molecule has 3 heteroatoms. The molecule has 1 aromatic heterocycles. The molecule has 96 valence electrons. The van der Waals surface area contributed by atoms with Crippen molar-refractivity contribution in [2.45, 2.75) is 52.5 Å². The normalized spacial score (nSPS) is 12.2. The summed E-state index contributed by atoms with van der Waals surface area (Å²) < 4.78 is 0. The van der Waals surface area contributed by atoms with E-state index in [9.17, 15) is 0 Å². The molecule has 1 unspecified atom stereocenters. The Morgan fingerprint density at radius 3 is 2.53 bits per heavy atom. The van der Waals surface area contributed by atoms with Crippen LogP contribution < -0.4 is 10.6 Å². The number of nitrogens with zero attached hydrogens (tertiary/aromatic N) is 1. The molecular formula is C14H25N3. The molecule has 1 rings (SSSR count). The monoisotopic (exact) mass is 235 g/mol. The zero-order chi connectivity index (χ0) is 12.5. The standard InChI is InChI=1S/C14H25N3/c1-4-8-12(6-3)16-14-10-7-9-13(17-14)15-11-5-2/h7,9-10,12H,4-6,8,11H2,1-3H3,(H2,15,16,17). The molecule has 0 aliphatic rings. The van der Waals surface area contributed by atoms with E-state index in [4.69, 9.17) is 0 Å². The van der Waals surface area contributed by atoms with Crippen LogP contribution in [0.4, 0.5) is 11.6 Å². The molecule has 0 aliphatic carbocycles. The minimum absolute atomic E-state index is 0.536. The van der Waals surface area contributed by atoms with E-state index < -0.39 is 0 Å². The van der Waals surface area contributed by atoms with Gasteiger partial charge in [-0.2, -0.15) is 0 Å². The number of hydrogen-bond acceptors (Lipinski definition) is 3. The quantitative estimate of drug-likeness (QED) is 0.717. The first-order valence-electron chi connectivity index (χ1n) is 6.77. The Morgan fingerprint density at radius 2 is 1.88 bits per heavy atom. The molecule has 3 nitrogen and oxygen atoms in total. The van der Waals surface area contributed by atoms with E-state index in [1.54, 1.807) is 0 Å². The number of rotatable bonds is 8. The highest BCUT2D eigenvalue weighted by Crippen LogP contribution is 2.13. The van der Waals surface area contributed by atoms with Crippen LogP contribution in [0.2, 0.25) is 0 Å². The highest BCUT2D eigenvalue weighted by Gasteiger charge is 2.05. The van der Waals surface area contributed by atoms with Gasteiger partial charge in [0.15, 0.2) is 0 Å². The van der Waals surface area contributed by atoms with Crippen LogP contribution in [-0.2, 0) is 0 Å². The lowest BCUT2D eigenvalue weighted by molar-refractivity contribution is 0.620. The molecule has 1 aromatic rings. The first-order chi connectivity index (χ1) is 8.30. The Labute approximate surface area is 105 Å². The van der Waals surface area contributed by atoms with Crippen molar-refractivity contribution in [3.63, 3.8) is 0 Å². The minimum atomic E-state index is 0.536. The lowest BCUT2D eigenvalue weighted by Gasteiger charge is -2.17. The lowest BCUT2D eigenvalue weighted by atomic mass is 10.1. The van der Waals surface area contributed by atoms with Crippen LogP contribution in [0.15, 0.2) is 18.2 Å². The van der Waals surface area contributed by atoms with Gasteiger partial charge < -0.3 is 10.6 Å². The molecule has 1 heterocycles. The third-order valence-electron chi connectivity index (χ3n) is 2.79. The summed E-state index contributed by atoms with van der Waals surface area (Å²) in [5.41, 5.74) is 0. The fourth-order valence-electron chi connectivity index (χ4n) is 1.80. The fourth-order valence-corrected chi connectivity index (χ4v) is 1.80. The van der Waals surface area contributed by atoms with Crippen molar-refractivity contribution in [3.8, 4) is 0 Å². The Morgan fingerprint density at radius 1 is 1.12 bits per heavy atom. The molecule has 0 saturated heterocycles. The summed E-state index contributed by atoms with van der Waals surface area (Å²) in [7, 11) is 0. The van der Waals surface area contributed by atoms with Gasteiger partial charge in [-0.1, -0.05) is 33.3 Å². The van der Waals surface area contributed by atoms with Crippen LogP contribution in [0.3, 0.4) is 0 Å². The van der Waals surface area contributed by atoms with Gasteiger partial charge >= 0.3 is 0 Å². The second-order valence-corrected chi connectivity index (χ2v) is 4.37. The van der Waals surface area contributed by atoms with Crippen LogP contribution in [0, 0.1) is 0 Å². The van der Waals surface area contributed by atoms with E-state index in [1.807, 2.05) is 18.2 Å². The topological polar surface area (TPSA) is 37.0 Å². The van der Waals surface area contributed by atoms with E-state index in [0.717, 1.165) is 31.0 Å². The van der Waals surface area contributed by atoms with Gasteiger partial charge in [-0.05, 0) is 31.4 Å². The molecule has 0 amide bonds. The molecule has 0 bridgehead atoms. The largest absolute Gasteiger partial charge is 0.370 e. The zero-order valence-corrected chi connectivity index (χ0v) is 11.3. The van der Waals surface area contributed by atoms with Crippen LogP contribution in [0.25, 0.3) is 0 Å². The van der Waals surface area contributed by atoms with E-state index in [0.29, 0.717) is 6.04 Å². The van der Waals surface area contributed by atoms with Gasteiger partial charge in [0.1, 0.15) is 11.6 Å². The van der Waals surface area contributed by atoms with Crippen molar-refractivity contribution in [1.29, 1.82) is 0 Å². The van der Waals surface area contributed by atoms with Gasteiger partial charge in [-0.25, -0.2) is 4.98 Å². The molecular weight excluding hydrogens is 210 g/mol. The molecule has 1 atom stereocenters. The van der Waals surface area contributed by atoms with Crippen molar-refractivity contribution in [1.82, 2.24) is 4.98 Å². The van der Waals surface area contributed by atoms with Crippen LogP contribution >= 0.6 is 0 Å². The maximum absolute atomic E-state index is 4.56. The van der Waals surface area contributed by atoms with Gasteiger partial charge in [-0.15, -0.1) is 0 Å². The second-order valence-electron chi connectivity index (χ2n) is 4.37. The van der Waals surface area contributed by atoms with E-state index in [1.165, 1.54) is 12.8 Å². The molecule has 0 spiro atoms. The molecule has 2 N–H and O–H groups in total. The number of hydrogen-bond donors (Lipinski definition) is 2. The minimum Gasteiger partial charge on any atom is -0.370 e. The summed E-state index contributed by atoms with van der Waals surface area (Å²) in [5.74, 6) is 1.94. The van der Waals surface area contributed by atoms with Gasteiger partial charge in [0.25, 0.3) is 0 Å². The molecule has 17 heavy (non-hydrogen) atoms. The van der Waals surface area contributed by atoms with Gasteiger partial charge in [-0.3, -0.25) is 0 Å². The van der Waals surface area contributed by atoms with Crippen LogP contribution in [-0.4, -0.2) is 17.6 Å². The first kappa shape index (κ1) is 13.8. The molecule has 0 radical (unpaired) electrons. The summed E-state index contributed by atoms with van der Waals surface area (Å²) in [6.45, 7) is 7.57. The fraction of sp³-hybridized carbons (Fsp3) is 0.643. The summed E-state index contributed by atoms with van der Waals surface area (Å²) >= 11 is 0. The third kappa shape index (κ3) is 5.07. The highest BCUT2D eigenvalue weighted by molar-refractivity contribution is 5.45. The summed E-state index contributed by atoms with van der Waals surface area (Å²) in [6.07, 6.45) is 4.67. The smallest absolute Gasteiger partial charge is 0.128 e. The molecule has 0 saturated carbocycles. The Bertz CT molecular complexity index is 312. The average Bonchev–Trinajstić information content (AvgIpc) is 2.36. The Hall–Kier alpha value is -1.25. The highest BCUT2D eigenvalue weighted by atomic mass is 15.1. The van der Waals surface area contributed by atoms with Crippen molar-refractivity contribution in [3.05, 3.63) is 18.2 Å². The van der Waals surface area contributed by atoms with E-state index in [2.05, 4.69) is 36.4 Å². The Balaban J connectivity index is 2.57. The van der Waals surface area contributed by atoms with Crippen LogP contribution in [0.5, 0.6) is 0 Å². The third-order valence-corrected chi connectivity index (χ3v) is 2.79. The van der Waals surface area contributed by atoms with Crippen molar-refractivity contribution in [2.75, 3.05) is 17.2 Å². The zero-order valence-electron chi connectivity index (χ0n) is 11.3. The number of anilines is 2. The first-order valence-corrected chi connectivity index (χ1v) is 6.77. The van der Waals surface area contributed by atoms with Crippen LogP contribution in [0.1, 0.15) is 46.5 Å². The number of pyridine rings is 1. The lowest BCUT2D eigenvalue weighted by Crippen LogP contribution is -2.19. The van der Waals surface area contributed by atoms with E-state index >= 15 is 0 Å².